The molecule has 0 radical (unpaired) electrons. The van der Waals surface area contributed by atoms with Gasteiger partial charge >= 0.3 is 5.63 Å². The van der Waals surface area contributed by atoms with Gasteiger partial charge in [-0.1, -0.05) is 0 Å². The van der Waals surface area contributed by atoms with E-state index < -0.39 is 5.63 Å². The van der Waals surface area contributed by atoms with Crippen LogP contribution in [0, 0.1) is 0 Å². The molecule has 0 saturated carbocycles. The molecule has 0 aliphatic carbocycles. The molecule has 1 heterocycles. The SMILES string of the molecule is CNC(=O)Cc1cc(=O)oc2cc(O)ccc12. The number of benzene rings is 1. The average molecular weight is 233 g/mol. The Hall–Kier alpha value is -2.30. The molecule has 0 unspecified atom stereocenters. The number of nitrogens with one attached hydrogen (secondary N) is 1. The maximum absolute atomic E-state index is 11.3. The van der Waals surface area contributed by atoms with Gasteiger partial charge in [0.1, 0.15) is 11.3 Å². The number of hydrogen-bond acceptors (Lipinski definition) is 4. The van der Waals surface area contributed by atoms with Crippen LogP contribution in [0.4, 0.5) is 0 Å². The fraction of sp³-hybridized carbons (Fsp3) is 0.167. The molecule has 0 aliphatic rings. The highest BCUT2D eigenvalue weighted by Crippen LogP contribution is 2.21. The van der Waals surface area contributed by atoms with Crippen LogP contribution in [0.2, 0.25) is 0 Å². The van der Waals surface area contributed by atoms with Crippen LogP contribution in [0.1, 0.15) is 5.56 Å². The normalized spacial score (nSPS) is 10.4. The van der Waals surface area contributed by atoms with Gasteiger partial charge < -0.3 is 14.8 Å². The Morgan fingerprint density at radius 1 is 1.41 bits per heavy atom. The molecule has 17 heavy (non-hydrogen) atoms. The second-order valence-electron chi connectivity index (χ2n) is 3.62. The lowest BCUT2D eigenvalue weighted by molar-refractivity contribution is -0.119. The van der Waals surface area contributed by atoms with Crippen molar-refractivity contribution in [2.75, 3.05) is 7.05 Å². The van der Waals surface area contributed by atoms with Gasteiger partial charge in [-0.15, -0.1) is 0 Å². The van der Waals surface area contributed by atoms with Crippen molar-refractivity contribution < 1.29 is 14.3 Å². The summed E-state index contributed by atoms with van der Waals surface area (Å²) in [6, 6.07) is 5.74. The van der Waals surface area contributed by atoms with Gasteiger partial charge in [-0.3, -0.25) is 4.79 Å². The first-order valence-corrected chi connectivity index (χ1v) is 5.06. The zero-order valence-electron chi connectivity index (χ0n) is 9.19. The number of aromatic hydroxyl groups is 1. The van der Waals surface area contributed by atoms with Crippen LogP contribution in [-0.2, 0) is 11.2 Å². The first kappa shape index (κ1) is 11.2. The highest BCUT2D eigenvalue weighted by molar-refractivity contribution is 5.87. The Kier molecular flexibility index (Phi) is 2.82. The number of carbonyl (C=O) groups is 1. The number of fused-ring (bicyclic) bond motifs is 1. The maximum atomic E-state index is 11.3. The van der Waals surface area contributed by atoms with Crippen molar-refractivity contribution in [3.63, 3.8) is 0 Å². The first-order chi connectivity index (χ1) is 8.10. The van der Waals surface area contributed by atoms with E-state index in [-0.39, 0.29) is 23.7 Å². The summed E-state index contributed by atoms with van der Waals surface area (Å²) < 4.78 is 4.95. The van der Waals surface area contributed by atoms with Crippen molar-refractivity contribution in [2.45, 2.75) is 6.42 Å². The smallest absolute Gasteiger partial charge is 0.336 e. The van der Waals surface area contributed by atoms with E-state index in [2.05, 4.69) is 5.32 Å². The van der Waals surface area contributed by atoms with Crippen LogP contribution in [0.3, 0.4) is 0 Å². The highest BCUT2D eigenvalue weighted by atomic mass is 16.4. The van der Waals surface area contributed by atoms with Crippen LogP contribution < -0.4 is 10.9 Å². The molecule has 88 valence electrons. The first-order valence-electron chi connectivity index (χ1n) is 5.06. The molecular weight excluding hydrogens is 222 g/mol. The predicted molar refractivity (Wildman–Crippen MR) is 61.9 cm³/mol. The standard InChI is InChI=1S/C12H11NO4/c1-13-11(15)4-7-5-12(16)17-10-6-8(14)2-3-9(7)10/h2-3,5-6,14H,4H2,1H3,(H,13,15). The number of rotatable bonds is 2. The van der Waals surface area contributed by atoms with E-state index >= 15 is 0 Å². The van der Waals surface area contributed by atoms with Crippen molar-refractivity contribution in [2.24, 2.45) is 0 Å². The Morgan fingerprint density at radius 3 is 2.88 bits per heavy atom. The highest BCUT2D eigenvalue weighted by Gasteiger charge is 2.09. The fourth-order valence-corrected chi connectivity index (χ4v) is 1.63. The molecule has 2 N–H and O–H groups in total. The van der Waals surface area contributed by atoms with Crippen molar-refractivity contribution in [3.05, 3.63) is 40.2 Å². The monoisotopic (exact) mass is 233 g/mol. The molecule has 0 fully saturated rings. The molecule has 1 aromatic carbocycles. The van der Waals surface area contributed by atoms with Gasteiger partial charge in [0.2, 0.25) is 5.91 Å². The third-order valence-electron chi connectivity index (χ3n) is 2.44. The average Bonchev–Trinajstić information content (AvgIpc) is 2.27. The number of likely N-dealkylation sites (N-methyl/N-ethyl adjacent to an activating group) is 1. The lowest BCUT2D eigenvalue weighted by Gasteiger charge is -2.04. The Labute approximate surface area is 96.7 Å². The van der Waals surface area contributed by atoms with E-state index in [0.717, 1.165) is 0 Å². The van der Waals surface area contributed by atoms with E-state index in [1.165, 1.54) is 25.2 Å². The van der Waals surface area contributed by atoms with Crippen molar-refractivity contribution in [1.82, 2.24) is 5.32 Å². The minimum absolute atomic E-state index is 0.0118. The summed E-state index contributed by atoms with van der Waals surface area (Å²) in [7, 11) is 1.53. The fourth-order valence-electron chi connectivity index (χ4n) is 1.63. The molecule has 5 nitrogen and oxygen atoms in total. The van der Waals surface area contributed by atoms with Gasteiger partial charge in [0, 0.05) is 24.6 Å². The van der Waals surface area contributed by atoms with Crippen molar-refractivity contribution >= 4 is 16.9 Å². The lowest BCUT2D eigenvalue weighted by atomic mass is 10.1. The molecular formula is C12H11NO4. The molecule has 2 rings (SSSR count). The molecule has 5 heteroatoms. The van der Waals surface area contributed by atoms with Gasteiger partial charge in [0.05, 0.1) is 6.42 Å². The summed E-state index contributed by atoms with van der Waals surface area (Å²) in [5, 5.41) is 12.4. The topological polar surface area (TPSA) is 79.5 Å². The summed E-state index contributed by atoms with van der Waals surface area (Å²) in [5.41, 5.74) is 0.314. The second kappa shape index (κ2) is 4.29. The second-order valence-corrected chi connectivity index (χ2v) is 3.62. The van der Waals surface area contributed by atoms with E-state index in [1.54, 1.807) is 6.07 Å². The number of carbonyl (C=O) groups excluding carboxylic acids is 1. The quantitative estimate of drug-likeness (QED) is 0.751. The molecule has 2 aromatic rings. The Bertz CT molecular complexity index is 630. The molecule has 0 atom stereocenters. The van der Waals surface area contributed by atoms with Gasteiger partial charge in [0.15, 0.2) is 0 Å². The van der Waals surface area contributed by atoms with Crippen LogP contribution >= 0.6 is 0 Å². The van der Waals surface area contributed by atoms with Crippen molar-refractivity contribution in [3.8, 4) is 5.75 Å². The zero-order valence-corrected chi connectivity index (χ0v) is 9.19. The van der Waals surface area contributed by atoms with Crippen molar-refractivity contribution in [1.29, 1.82) is 0 Å². The summed E-state index contributed by atoms with van der Waals surface area (Å²) in [6.45, 7) is 0. The molecule has 0 bridgehead atoms. The zero-order chi connectivity index (χ0) is 12.4. The van der Waals surface area contributed by atoms with Crippen LogP contribution in [0.15, 0.2) is 33.5 Å². The third kappa shape index (κ3) is 2.28. The van der Waals surface area contributed by atoms with Gasteiger partial charge in [0.25, 0.3) is 0 Å². The largest absolute Gasteiger partial charge is 0.508 e. The van der Waals surface area contributed by atoms with Gasteiger partial charge in [-0.05, 0) is 17.7 Å². The molecule has 0 saturated heterocycles. The lowest BCUT2D eigenvalue weighted by Crippen LogP contribution is -2.20. The molecule has 1 aromatic heterocycles. The summed E-state index contributed by atoms with van der Waals surface area (Å²) in [5.74, 6) is -0.178. The van der Waals surface area contributed by atoms with E-state index in [9.17, 15) is 14.7 Å². The number of amides is 1. The minimum Gasteiger partial charge on any atom is -0.508 e. The van der Waals surface area contributed by atoms with Gasteiger partial charge in [-0.2, -0.15) is 0 Å². The van der Waals surface area contributed by atoms with E-state index in [0.29, 0.717) is 10.9 Å². The van der Waals surface area contributed by atoms with Crippen LogP contribution in [0.5, 0.6) is 5.75 Å². The number of phenols is 1. The minimum atomic E-state index is -0.540. The van der Waals surface area contributed by atoms with Gasteiger partial charge in [-0.25, -0.2) is 4.79 Å². The Balaban J connectivity index is 2.61. The maximum Gasteiger partial charge on any atom is 0.336 e. The Morgan fingerprint density at radius 2 is 2.18 bits per heavy atom. The number of phenolic OH excluding ortho intramolecular Hbond substituents is 1. The summed E-state index contributed by atoms with van der Waals surface area (Å²) in [6.07, 6.45) is 0.101. The predicted octanol–water partition coefficient (Wildman–Crippen LogP) is 0.787. The summed E-state index contributed by atoms with van der Waals surface area (Å²) in [4.78, 5) is 22.6. The molecule has 0 aliphatic heterocycles. The number of hydrogen-bond donors (Lipinski definition) is 2. The van der Waals surface area contributed by atoms with E-state index in [1.807, 2.05) is 0 Å². The van der Waals surface area contributed by atoms with Crippen LogP contribution in [-0.4, -0.2) is 18.1 Å². The summed E-state index contributed by atoms with van der Waals surface area (Å²) >= 11 is 0. The third-order valence-corrected chi connectivity index (χ3v) is 2.44. The molecule has 0 spiro atoms. The van der Waals surface area contributed by atoms with E-state index in [4.69, 9.17) is 4.42 Å². The van der Waals surface area contributed by atoms with Crippen LogP contribution in [0.25, 0.3) is 11.0 Å². The molecule has 1 amide bonds.